The highest BCUT2D eigenvalue weighted by atomic mass is 16.5. The molecule has 0 aliphatic carbocycles. The third kappa shape index (κ3) is 12.1. The summed E-state index contributed by atoms with van der Waals surface area (Å²) in [5.74, 6) is 0. The lowest BCUT2D eigenvalue weighted by molar-refractivity contribution is -0.479. The first-order valence-electron chi connectivity index (χ1n) is 17.4. The molecule has 6 aromatic rings. The lowest BCUT2D eigenvalue weighted by atomic mass is 10.1. The monoisotopic (exact) mass is 695 g/mol. The Labute approximate surface area is 312 Å². The van der Waals surface area contributed by atoms with Crippen LogP contribution in [0.25, 0.3) is 0 Å². The van der Waals surface area contributed by atoms with Gasteiger partial charge in [0, 0.05) is 18.2 Å². The molecule has 6 rings (SSSR count). The van der Waals surface area contributed by atoms with Gasteiger partial charge in [-0.15, -0.1) is 0 Å². The van der Waals surface area contributed by atoms with E-state index >= 15 is 0 Å². The van der Waals surface area contributed by atoms with Gasteiger partial charge in [0.15, 0.2) is 0 Å². The Morgan fingerprint density at radius 3 is 0.692 bits per heavy atom. The molecule has 0 amide bonds. The Kier molecular flexibility index (Phi) is 15.3. The maximum absolute atomic E-state index is 8.42. The van der Waals surface area contributed by atoms with Crippen LogP contribution in [0.15, 0.2) is 164 Å². The largest absolute Gasteiger partial charge is 0.907 e. The van der Waals surface area contributed by atoms with Gasteiger partial charge in [0.1, 0.15) is 34.1 Å². The van der Waals surface area contributed by atoms with Gasteiger partial charge in [-0.25, -0.2) is 0 Å². The van der Waals surface area contributed by atoms with Crippen LogP contribution in [0, 0.1) is 20.8 Å². The summed E-state index contributed by atoms with van der Waals surface area (Å²) in [7, 11) is 10.4. The Hall–Kier alpha value is -4.86. The van der Waals surface area contributed by atoms with Crippen LogP contribution in [0.1, 0.15) is 16.7 Å². The van der Waals surface area contributed by atoms with E-state index in [9.17, 15) is 0 Å². The zero-order valence-corrected chi connectivity index (χ0v) is 32.2. The van der Waals surface area contributed by atoms with Crippen LogP contribution in [-0.2, 0) is 0 Å². The summed E-state index contributed by atoms with van der Waals surface area (Å²) in [5, 5.41) is 25.2. The molecular weight excluding hydrogens is 641 g/mol. The molecule has 0 spiro atoms. The van der Waals surface area contributed by atoms with Crippen molar-refractivity contribution in [1.82, 2.24) is 13.4 Å². The van der Waals surface area contributed by atoms with Crippen LogP contribution in [0.2, 0.25) is 0 Å². The van der Waals surface area contributed by atoms with Crippen molar-refractivity contribution in [1.29, 1.82) is 0 Å². The number of benzene rings is 6. The lowest BCUT2D eigenvalue weighted by Gasteiger charge is -2.35. The van der Waals surface area contributed by atoms with Crippen molar-refractivity contribution >= 4 is 41.4 Å². The SMILES string of the molecule is Cc1cccc([N+](C)(C)c2ccccc2)c1.Cc1cccc([N+](C)(C)c2ccccc2)c1.Cc1cccc([N+](C)(C)c2ccccc2)c1.[O-]B([O-])[O-]. The smallest absolute Gasteiger partial charge is 0.137 e. The molecule has 0 fully saturated rings. The van der Waals surface area contributed by atoms with Crippen LogP contribution in [0.3, 0.4) is 0 Å². The van der Waals surface area contributed by atoms with Gasteiger partial charge in [-0.3, -0.25) is 20.8 Å². The standard InChI is InChI=1S/3C15H18N.BO3/c3*1-13-8-7-11-15(12-13)16(2,3)14-9-5-4-6-10-14;2-1(3)4/h3*4-12H,1-3H3;/q3*+1;-3. The summed E-state index contributed by atoms with van der Waals surface area (Å²) >= 11 is 0. The topological polar surface area (TPSA) is 69.2 Å². The van der Waals surface area contributed by atoms with Crippen molar-refractivity contribution in [3.05, 3.63) is 180 Å². The average molecular weight is 696 g/mol. The molecule has 52 heavy (non-hydrogen) atoms. The Morgan fingerprint density at radius 2 is 0.500 bits per heavy atom. The number of hydrogen-bond acceptors (Lipinski definition) is 3. The number of nitrogens with zero attached hydrogens (tertiary/aromatic N) is 3. The summed E-state index contributed by atoms with van der Waals surface area (Å²) < 4.78 is 2.34. The Bertz CT molecular complexity index is 1710. The second-order valence-electron chi connectivity index (χ2n) is 14.2. The van der Waals surface area contributed by atoms with E-state index in [1.807, 2.05) is 0 Å². The molecule has 6 nitrogen and oxygen atoms in total. The molecule has 0 aromatic heterocycles. The van der Waals surface area contributed by atoms with Crippen LogP contribution in [-0.4, -0.2) is 49.6 Å². The lowest BCUT2D eigenvalue weighted by Crippen LogP contribution is -2.56. The van der Waals surface area contributed by atoms with E-state index in [4.69, 9.17) is 15.1 Å². The van der Waals surface area contributed by atoms with Crippen molar-refractivity contribution in [2.24, 2.45) is 0 Å². The van der Waals surface area contributed by atoms with Gasteiger partial charge in [0.2, 0.25) is 0 Å². The van der Waals surface area contributed by atoms with Crippen molar-refractivity contribution in [3.8, 4) is 0 Å². The van der Waals surface area contributed by atoms with Crippen LogP contribution in [0.5, 0.6) is 0 Å². The number of hydrogen-bond donors (Lipinski definition) is 0. The van der Waals surface area contributed by atoms with E-state index in [1.54, 1.807) is 0 Å². The third-order valence-electron chi connectivity index (χ3n) is 9.15. The highest BCUT2D eigenvalue weighted by molar-refractivity contribution is 6.24. The summed E-state index contributed by atoms with van der Waals surface area (Å²) in [6.45, 7) is 6.40. The first kappa shape index (κ1) is 41.6. The predicted molar refractivity (Wildman–Crippen MR) is 219 cm³/mol. The highest BCUT2D eigenvalue weighted by Crippen LogP contribution is 2.32. The zero-order valence-electron chi connectivity index (χ0n) is 32.2. The summed E-state index contributed by atoms with van der Waals surface area (Å²) in [6, 6.07) is 57.7. The zero-order chi connectivity index (χ0) is 38.4. The molecule has 7 heteroatoms. The van der Waals surface area contributed by atoms with Gasteiger partial charge in [0.05, 0.1) is 42.3 Å². The summed E-state index contributed by atoms with van der Waals surface area (Å²) in [4.78, 5) is 0. The van der Waals surface area contributed by atoms with E-state index in [2.05, 4.69) is 227 Å². The first-order chi connectivity index (χ1) is 24.5. The molecule has 0 bridgehead atoms. The normalized spacial score (nSPS) is 11.1. The van der Waals surface area contributed by atoms with E-state index in [0.29, 0.717) is 0 Å². The van der Waals surface area contributed by atoms with Gasteiger partial charge >= 0.3 is 0 Å². The second kappa shape index (κ2) is 19.1. The fraction of sp³-hybridized carbons (Fsp3) is 0.200. The number of aryl methyl sites for hydroxylation is 3. The molecule has 0 saturated carbocycles. The third-order valence-corrected chi connectivity index (χ3v) is 9.15. The minimum absolute atomic E-state index is 0.780. The van der Waals surface area contributed by atoms with Crippen molar-refractivity contribution < 1.29 is 15.1 Å². The number of para-hydroxylation sites is 3. The van der Waals surface area contributed by atoms with Gasteiger partial charge in [-0.1, -0.05) is 91.0 Å². The molecule has 0 saturated heterocycles. The van der Waals surface area contributed by atoms with Gasteiger partial charge in [0.25, 0.3) is 0 Å². The van der Waals surface area contributed by atoms with Gasteiger partial charge in [-0.05, 0) is 92.1 Å². The fourth-order valence-corrected chi connectivity index (χ4v) is 5.78. The van der Waals surface area contributed by atoms with Gasteiger partial charge < -0.3 is 15.1 Å². The molecule has 0 heterocycles. The minimum atomic E-state index is -2.92. The highest BCUT2D eigenvalue weighted by Gasteiger charge is 2.23. The van der Waals surface area contributed by atoms with Crippen molar-refractivity contribution in [3.63, 3.8) is 0 Å². The average Bonchev–Trinajstić information content (AvgIpc) is 3.13. The molecule has 0 radical (unpaired) electrons. The van der Waals surface area contributed by atoms with E-state index in [-0.39, 0.29) is 0 Å². The van der Waals surface area contributed by atoms with Crippen LogP contribution < -0.4 is 28.5 Å². The quantitative estimate of drug-likeness (QED) is 0.132. The second-order valence-corrected chi connectivity index (χ2v) is 14.2. The maximum atomic E-state index is 8.42. The van der Waals surface area contributed by atoms with Crippen LogP contribution >= 0.6 is 0 Å². The first-order valence-corrected chi connectivity index (χ1v) is 17.4. The molecule has 0 atom stereocenters. The number of quaternary nitrogens is 3. The minimum Gasteiger partial charge on any atom is -0.907 e. The molecule has 6 aromatic carbocycles. The molecule has 0 N–H and O–H groups in total. The molecular formula is C45H54BN3O3. The molecule has 270 valence electrons. The molecule has 0 aliphatic heterocycles. The summed E-state index contributed by atoms with van der Waals surface area (Å²) in [6.07, 6.45) is 0. The van der Waals surface area contributed by atoms with Crippen molar-refractivity contribution in [2.75, 3.05) is 42.3 Å². The summed E-state index contributed by atoms with van der Waals surface area (Å²) in [5.41, 5.74) is 11.7. The predicted octanol–water partition coefficient (Wildman–Crippen LogP) is 7.73. The van der Waals surface area contributed by atoms with E-state index in [1.165, 1.54) is 50.8 Å². The fourth-order valence-electron chi connectivity index (χ4n) is 5.78. The van der Waals surface area contributed by atoms with E-state index < -0.39 is 7.32 Å². The van der Waals surface area contributed by atoms with E-state index in [0.717, 1.165) is 13.4 Å². The maximum Gasteiger partial charge on any atom is 0.137 e. The van der Waals surface area contributed by atoms with Crippen LogP contribution in [0.4, 0.5) is 34.1 Å². The Balaban J connectivity index is 0.000000200. The molecule has 0 aliphatic rings. The molecule has 0 unspecified atom stereocenters. The number of rotatable bonds is 6. The Morgan fingerprint density at radius 1 is 0.308 bits per heavy atom. The van der Waals surface area contributed by atoms with Crippen molar-refractivity contribution in [2.45, 2.75) is 20.8 Å². The van der Waals surface area contributed by atoms with Gasteiger partial charge in [-0.2, -0.15) is 0 Å².